The van der Waals surface area contributed by atoms with Crippen molar-refractivity contribution in [2.45, 2.75) is 0 Å². The van der Waals surface area contributed by atoms with Crippen molar-refractivity contribution in [3.05, 3.63) is 58.6 Å². The number of halogens is 1. The van der Waals surface area contributed by atoms with Crippen LogP contribution in [-0.4, -0.2) is 12.9 Å². The van der Waals surface area contributed by atoms with Crippen LogP contribution in [0.4, 0.5) is 5.69 Å². The number of nitrogens with two attached hydrogens (primary N) is 1. The number of benzene rings is 2. The maximum absolute atomic E-state index is 12.2. The van der Waals surface area contributed by atoms with Crippen LogP contribution >= 0.6 is 11.6 Å². The molecular weight excluding hydrogens is 250 g/mol. The van der Waals surface area contributed by atoms with Gasteiger partial charge < -0.3 is 10.5 Å². The predicted octanol–water partition coefficient (Wildman–Crippen LogP) is 3.16. The summed E-state index contributed by atoms with van der Waals surface area (Å²) in [6.07, 6.45) is 0. The third kappa shape index (κ3) is 2.46. The lowest BCUT2D eigenvalue weighted by Gasteiger charge is -2.05. The van der Waals surface area contributed by atoms with Gasteiger partial charge in [-0.1, -0.05) is 23.7 Å². The van der Waals surface area contributed by atoms with Crippen molar-refractivity contribution in [1.82, 2.24) is 0 Å². The number of nitrogen functional groups attached to an aromatic ring is 1. The number of anilines is 1. The van der Waals surface area contributed by atoms with E-state index in [1.54, 1.807) is 49.6 Å². The molecule has 18 heavy (non-hydrogen) atoms. The van der Waals surface area contributed by atoms with Gasteiger partial charge in [0.15, 0.2) is 5.78 Å². The minimum absolute atomic E-state index is 0.114. The normalized spacial score (nSPS) is 10.1. The van der Waals surface area contributed by atoms with Crippen molar-refractivity contribution in [1.29, 1.82) is 0 Å². The van der Waals surface area contributed by atoms with Crippen molar-refractivity contribution >= 4 is 23.1 Å². The molecule has 0 aliphatic heterocycles. The quantitative estimate of drug-likeness (QED) is 0.682. The van der Waals surface area contributed by atoms with E-state index in [0.29, 0.717) is 27.6 Å². The summed E-state index contributed by atoms with van der Waals surface area (Å²) in [6, 6.07) is 11.8. The number of rotatable bonds is 3. The number of hydrogen-bond donors (Lipinski definition) is 1. The van der Waals surface area contributed by atoms with E-state index in [9.17, 15) is 4.79 Å². The SMILES string of the molecule is COc1cccc(C(=O)c2ccc(Cl)c(N)c2)c1. The maximum Gasteiger partial charge on any atom is 0.193 e. The van der Waals surface area contributed by atoms with Gasteiger partial charge in [0.1, 0.15) is 5.75 Å². The van der Waals surface area contributed by atoms with Gasteiger partial charge >= 0.3 is 0 Å². The molecule has 0 heterocycles. The van der Waals surface area contributed by atoms with Crippen LogP contribution in [0.5, 0.6) is 5.75 Å². The number of hydrogen-bond acceptors (Lipinski definition) is 3. The van der Waals surface area contributed by atoms with E-state index in [1.807, 2.05) is 0 Å². The van der Waals surface area contributed by atoms with Crippen molar-refractivity contribution in [2.75, 3.05) is 12.8 Å². The molecule has 0 atom stereocenters. The summed E-state index contributed by atoms with van der Waals surface area (Å²) in [4.78, 5) is 12.2. The lowest BCUT2D eigenvalue weighted by Crippen LogP contribution is -2.02. The van der Waals surface area contributed by atoms with E-state index in [2.05, 4.69) is 0 Å². The van der Waals surface area contributed by atoms with Crippen molar-refractivity contribution in [3.8, 4) is 5.75 Å². The Balaban J connectivity index is 2.38. The van der Waals surface area contributed by atoms with Gasteiger partial charge in [-0.3, -0.25) is 4.79 Å². The van der Waals surface area contributed by atoms with Gasteiger partial charge in [0.25, 0.3) is 0 Å². The summed E-state index contributed by atoms with van der Waals surface area (Å²) in [6.45, 7) is 0. The summed E-state index contributed by atoms with van der Waals surface area (Å²) < 4.78 is 5.09. The Morgan fingerprint density at radius 2 is 1.89 bits per heavy atom. The smallest absolute Gasteiger partial charge is 0.193 e. The van der Waals surface area contributed by atoms with Crippen LogP contribution in [0.25, 0.3) is 0 Å². The Morgan fingerprint density at radius 1 is 1.17 bits per heavy atom. The van der Waals surface area contributed by atoms with Crippen LogP contribution in [0, 0.1) is 0 Å². The van der Waals surface area contributed by atoms with Gasteiger partial charge in [-0.15, -0.1) is 0 Å². The van der Waals surface area contributed by atoms with Crippen LogP contribution in [0.3, 0.4) is 0 Å². The molecule has 0 bridgehead atoms. The number of carbonyl (C=O) groups is 1. The predicted molar refractivity (Wildman–Crippen MR) is 72.3 cm³/mol. The Morgan fingerprint density at radius 3 is 2.56 bits per heavy atom. The van der Waals surface area contributed by atoms with Crippen LogP contribution < -0.4 is 10.5 Å². The molecule has 0 saturated carbocycles. The van der Waals surface area contributed by atoms with E-state index < -0.39 is 0 Å². The second kappa shape index (κ2) is 5.10. The first-order valence-electron chi connectivity index (χ1n) is 5.35. The van der Waals surface area contributed by atoms with Crippen molar-refractivity contribution in [3.63, 3.8) is 0 Å². The Bertz CT molecular complexity index is 596. The zero-order valence-corrected chi connectivity index (χ0v) is 10.6. The van der Waals surface area contributed by atoms with E-state index in [1.165, 1.54) is 0 Å². The van der Waals surface area contributed by atoms with Gasteiger partial charge in [0, 0.05) is 11.1 Å². The summed E-state index contributed by atoms with van der Waals surface area (Å²) in [5.41, 5.74) is 7.13. The van der Waals surface area contributed by atoms with Crippen LogP contribution in [0.15, 0.2) is 42.5 Å². The molecule has 2 aromatic carbocycles. The van der Waals surface area contributed by atoms with Gasteiger partial charge in [-0.2, -0.15) is 0 Å². The second-order valence-corrected chi connectivity index (χ2v) is 4.20. The minimum atomic E-state index is -0.114. The number of methoxy groups -OCH3 is 1. The van der Waals surface area contributed by atoms with Crippen LogP contribution in [-0.2, 0) is 0 Å². The highest BCUT2D eigenvalue weighted by atomic mass is 35.5. The van der Waals surface area contributed by atoms with Crippen LogP contribution in [0.2, 0.25) is 5.02 Å². The standard InChI is InChI=1S/C14H12ClNO2/c1-18-11-4-2-3-9(7-11)14(17)10-5-6-12(15)13(16)8-10/h2-8H,16H2,1H3. The molecule has 0 aliphatic rings. The highest BCUT2D eigenvalue weighted by Gasteiger charge is 2.11. The molecule has 92 valence electrons. The zero-order valence-electron chi connectivity index (χ0n) is 9.81. The van der Waals surface area contributed by atoms with E-state index in [-0.39, 0.29) is 5.78 Å². The van der Waals surface area contributed by atoms with Crippen LogP contribution in [0.1, 0.15) is 15.9 Å². The fourth-order valence-electron chi connectivity index (χ4n) is 1.62. The first kappa shape index (κ1) is 12.5. The molecule has 0 radical (unpaired) electrons. The summed E-state index contributed by atoms with van der Waals surface area (Å²) >= 11 is 5.82. The molecule has 2 N–H and O–H groups in total. The summed E-state index contributed by atoms with van der Waals surface area (Å²) in [5, 5.41) is 0.442. The highest BCUT2D eigenvalue weighted by Crippen LogP contribution is 2.22. The molecule has 0 amide bonds. The zero-order chi connectivity index (χ0) is 13.1. The second-order valence-electron chi connectivity index (χ2n) is 3.80. The molecule has 3 nitrogen and oxygen atoms in total. The van der Waals surface area contributed by atoms with Gasteiger partial charge in [0.2, 0.25) is 0 Å². The molecule has 0 aromatic heterocycles. The van der Waals surface area contributed by atoms with E-state index in [4.69, 9.17) is 22.1 Å². The molecule has 0 spiro atoms. The topological polar surface area (TPSA) is 52.3 Å². The molecule has 0 unspecified atom stereocenters. The Labute approximate surface area is 110 Å². The Kier molecular flexibility index (Phi) is 3.53. The van der Waals surface area contributed by atoms with Crippen molar-refractivity contribution in [2.24, 2.45) is 0 Å². The van der Waals surface area contributed by atoms with Gasteiger partial charge in [-0.05, 0) is 30.3 Å². The molecular formula is C14H12ClNO2. The molecule has 0 aliphatic carbocycles. The van der Waals surface area contributed by atoms with Crippen molar-refractivity contribution < 1.29 is 9.53 Å². The highest BCUT2D eigenvalue weighted by molar-refractivity contribution is 6.33. The van der Waals surface area contributed by atoms with Gasteiger partial charge in [-0.25, -0.2) is 0 Å². The molecule has 2 rings (SSSR count). The molecule has 0 saturated heterocycles. The number of carbonyl (C=O) groups excluding carboxylic acids is 1. The minimum Gasteiger partial charge on any atom is -0.497 e. The maximum atomic E-state index is 12.2. The lowest BCUT2D eigenvalue weighted by molar-refractivity contribution is 0.103. The molecule has 0 fully saturated rings. The first-order valence-corrected chi connectivity index (χ1v) is 5.73. The van der Waals surface area contributed by atoms with E-state index >= 15 is 0 Å². The number of ether oxygens (including phenoxy) is 1. The lowest BCUT2D eigenvalue weighted by atomic mass is 10.0. The summed E-state index contributed by atoms with van der Waals surface area (Å²) in [5.74, 6) is 0.528. The fourth-order valence-corrected chi connectivity index (χ4v) is 1.73. The fraction of sp³-hybridized carbons (Fsp3) is 0.0714. The number of ketones is 1. The first-order chi connectivity index (χ1) is 8.61. The molecule has 4 heteroatoms. The monoisotopic (exact) mass is 261 g/mol. The van der Waals surface area contributed by atoms with Gasteiger partial charge in [0.05, 0.1) is 17.8 Å². The summed E-state index contributed by atoms with van der Waals surface area (Å²) in [7, 11) is 1.56. The average molecular weight is 262 g/mol. The average Bonchev–Trinajstić information content (AvgIpc) is 2.41. The van der Waals surface area contributed by atoms with E-state index in [0.717, 1.165) is 0 Å². The Hall–Kier alpha value is -2.00. The largest absolute Gasteiger partial charge is 0.497 e. The third-order valence-corrected chi connectivity index (χ3v) is 2.93. The molecule has 2 aromatic rings. The third-order valence-electron chi connectivity index (χ3n) is 2.59.